The van der Waals surface area contributed by atoms with Gasteiger partial charge in [0.1, 0.15) is 0 Å². The molecule has 0 radical (unpaired) electrons. The molecule has 1 aromatic heterocycles. The van der Waals surface area contributed by atoms with E-state index in [2.05, 4.69) is 61.5 Å². The molecule has 2 heteroatoms. The fourth-order valence-corrected chi connectivity index (χ4v) is 1.95. The van der Waals surface area contributed by atoms with E-state index in [1.807, 2.05) is 10.8 Å². The van der Waals surface area contributed by atoms with Crippen molar-refractivity contribution in [2.24, 2.45) is 0 Å². The Morgan fingerprint density at radius 3 is 1.89 bits per heavy atom. The largest absolute Gasteiger partial charge is 0.310 e. The Morgan fingerprint density at radius 1 is 1.06 bits per heavy atom. The summed E-state index contributed by atoms with van der Waals surface area (Å²) < 4.78 is 1.88. The topological polar surface area (TPSA) is 22.0 Å². The van der Waals surface area contributed by atoms with E-state index >= 15 is 0 Å². The lowest BCUT2D eigenvalue weighted by Gasteiger charge is -2.28. The zero-order valence-corrected chi connectivity index (χ0v) is 13.1. The summed E-state index contributed by atoms with van der Waals surface area (Å²) in [5.41, 5.74) is 1.98. The summed E-state index contributed by atoms with van der Waals surface area (Å²) in [5.74, 6) is 0.431. The molecule has 1 aromatic rings. The first-order chi connectivity index (χ1) is 7.94. The molecule has 1 heterocycles. The number of pyridine rings is 1. The molecule has 0 bridgehead atoms. The minimum atomic E-state index is -0.179. The summed E-state index contributed by atoms with van der Waals surface area (Å²) in [6, 6.07) is 2.08. The Morgan fingerprint density at radius 2 is 1.56 bits per heavy atom. The van der Waals surface area contributed by atoms with Crippen LogP contribution < -0.4 is 5.56 Å². The third-order valence-corrected chi connectivity index (χ3v) is 3.24. The van der Waals surface area contributed by atoms with Crippen molar-refractivity contribution in [3.8, 4) is 0 Å². The summed E-state index contributed by atoms with van der Waals surface area (Å²) in [4.78, 5) is 12.6. The van der Waals surface area contributed by atoms with E-state index in [1.54, 1.807) is 0 Å². The van der Waals surface area contributed by atoms with Crippen molar-refractivity contribution in [1.82, 2.24) is 4.57 Å². The average Bonchev–Trinajstić information content (AvgIpc) is 2.13. The molecule has 0 aromatic carbocycles. The van der Waals surface area contributed by atoms with Gasteiger partial charge in [-0.05, 0) is 43.7 Å². The minimum Gasteiger partial charge on any atom is -0.310 e. The van der Waals surface area contributed by atoms with E-state index < -0.39 is 0 Å². The minimum absolute atomic E-state index is 0.116. The fourth-order valence-electron chi connectivity index (χ4n) is 1.95. The van der Waals surface area contributed by atoms with Gasteiger partial charge in [0.15, 0.2) is 0 Å². The van der Waals surface area contributed by atoms with E-state index in [4.69, 9.17) is 0 Å². The first-order valence-electron chi connectivity index (χ1n) is 6.72. The van der Waals surface area contributed by atoms with Gasteiger partial charge in [-0.1, -0.05) is 34.6 Å². The van der Waals surface area contributed by atoms with E-state index in [9.17, 15) is 4.79 Å². The van der Waals surface area contributed by atoms with Gasteiger partial charge in [-0.15, -0.1) is 0 Å². The molecular weight excluding hydrogens is 222 g/mol. The van der Waals surface area contributed by atoms with E-state index in [1.165, 1.54) is 5.56 Å². The van der Waals surface area contributed by atoms with Gasteiger partial charge in [-0.3, -0.25) is 4.79 Å². The van der Waals surface area contributed by atoms with Crippen LogP contribution in [0.5, 0.6) is 0 Å². The average molecular weight is 249 g/mol. The standard InChI is InChI=1S/C16H27NO/c1-11(2)12-9-13(15(3,4)5)14(18)17(10-12)16(6,7)8/h9-11H,1-8H3. The van der Waals surface area contributed by atoms with Crippen LogP contribution in [0.2, 0.25) is 0 Å². The molecule has 0 aliphatic heterocycles. The van der Waals surface area contributed by atoms with Crippen LogP contribution in [0.1, 0.15) is 72.4 Å². The van der Waals surface area contributed by atoms with Crippen LogP contribution in [0.25, 0.3) is 0 Å². The molecule has 102 valence electrons. The lowest BCUT2D eigenvalue weighted by atomic mass is 9.85. The van der Waals surface area contributed by atoms with Gasteiger partial charge in [-0.25, -0.2) is 0 Å². The molecule has 1 rings (SSSR count). The van der Waals surface area contributed by atoms with Crippen molar-refractivity contribution >= 4 is 0 Å². The monoisotopic (exact) mass is 249 g/mol. The number of hydrogen-bond donors (Lipinski definition) is 0. The molecule has 0 saturated carbocycles. The SMILES string of the molecule is CC(C)c1cc(C(C)(C)C)c(=O)n(C(C)(C)C)c1. The predicted molar refractivity (Wildman–Crippen MR) is 78.5 cm³/mol. The fraction of sp³-hybridized carbons (Fsp3) is 0.688. The Hall–Kier alpha value is -1.05. The maximum Gasteiger partial charge on any atom is 0.254 e. The van der Waals surface area contributed by atoms with Crippen molar-refractivity contribution in [2.75, 3.05) is 0 Å². The second-order valence-electron chi connectivity index (χ2n) is 7.44. The first kappa shape index (κ1) is 15.0. The molecule has 18 heavy (non-hydrogen) atoms. The zero-order valence-electron chi connectivity index (χ0n) is 13.1. The van der Waals surface area contributed by atoms with Crippen LogP contribution in [-0.2, 0) is 11.0 Å². The zero-order chi connectivity index (χ0) is 14.3. The quantitative estimate of drug-likeness (QED) is 0.736. The van der Waals surface area contributed by atoms with E-state index in [0.717, 1.165) is 5.56 Å². The highest BCUT2D eigenvalue weighted by Crippen LogP contribution is 2.24. The number of hydrogen-bond acceptors (Lipinski definition) is 1. The summed E-state index contributed by atoms with van der Waals surface area (Å²) in [6.45, 7) is 16.8. The predicted octanol–water partition coefficient (Wildman–Crippen LogP) is 4.02. The normalized spacial score (nSPS) is 13.2. The molecule has 0 atom stereocenters. The van der Waals surface area contributed by atoms with Gasteiger partial charge in [-0.2, -0.15) is 0 Å². The highest BCUT2D eigenvalue weighted by Gasteiger charge is 2.24. The Bertz CT molecular complexity index is 443. The van der Waals surface area contributed by atoms with Crippen LogP contribution in [0.4, 0.5) is 0 Å². The third kappa shape index (κ3) is 3.04. The van der Waals surface area contributed by atoms with Crippen molar-refractivity contribution in [1.29, 1.82) is 0 Å². The van der Waals surface area contributed by atoms with E-state index in [0.29, 0.717) is 5.92 Å². The van der Waals surface area contributed by atoms with Gasteiger partial charge < -0.3 is 4.57 Å². The van der Waals surface area contributed by atoms with Crippen molar-refractivity contribution in [3.63, 3.8) is 0 Å². The summed E-state index contributed by atoms with van der Waals surface area (Å²) in [7, 11) is 0. The highest BCUT2D eigenvalue weighted by molar-refractivity contribution is 5.27. The smallest absolute Gasteiger partial charge is 0.254 e. The Labute approximate surface area is 111 Å². The summed E-state index contributed by atoms with van der Waals surface area (Å²) in [5, 5.41) is 0. The third-order valence-electron chi connectivity index (χ3n) is 3.24. The molecule has 0 spiro atoms. The van der Waals surface area contributed by atoms with Gasteiger partial charge >= 0.3 is 0 Å². The molecule has 0 unspecified atom stereocenters. The lowest BCUT2D eigenvalue weighted by molar-refractivity contribution is 0.375. The van der Waals surface area contributed by atoms with Crippen molar-refractivity contribution in [3.05, 3.63) is 33.7 Å². The molecule has 0 fully saturated rings. The highest BCUT2D eigenvalue weighted by atomic mass is 16.1. The number of nitrogens with zero attached hydrogens (tertiary/aromatic N) is 1. The van der Waals surface area contributed by atoms with Crippen LogP contribution >= 0.6 is 0 Å². The van der Waals surface area contributed by atoms with Crippen molar-refractivity contribution < 1.29 is 0 Å². The molecule has 0 saturated heterocycles. The van der Waals surface area contributed by atoms with Crippen LogP contribution in [-0.4, -0.2) is 4.57 Å². The first-order valence-corrected chi connectivity index (χ1v) is 6.72. The number of rotatable bonds is 1. The van der Waals surface area contributed by atoms with Gasteiger partial charge in [0.25, 0.3) is 5.56 Å². The lowest BCUT2D eigenvalue weighted by Crippen LogP contribution is -2.38. The second kappa shape index (κ2) is 4.56. The van der Waals surface area contributed by atoms with Crippen LogP contribution in [0.3, 0.4) is 0 Å². The van der Waals surface area contributed by atoms with E-state index in [-0.39, 0.29) is 16.5 Å². The molecule has 0 aliphatic carbocycles. The Balaban J connectivity index is 3.65. The van der Waals surface area contributed by atoms with Crippen LogP contribution in [0, 0.1) is 0 Å². The molecular formula is C16H27NO. The van der Waals surface area contributed by atoms with Gasteiger partial charge in [0, 0.05) is 17.3 Å². The molecule has 0 N–H and O–H groups in total. The summed E-state index contributed by atoms with van der Waals surface area (Å²) >= 11 is 0. The van der Waals surface area contributed by atoms with Gasteiger partial charge in [0.05, 0.1) is 0 Å². The van der Waals surface area contributed by atoms with Gasteiger partial charge in [0.2, 0.25) is 0 Å². The summed E-state index contributed by atoms with van der Waals surface area (Å²) in [6.07, 6.45) is 2.02. The number of aromatic nitrogens is 1. The van der Waals surface area contributed by atoms with Crippen LogP contribution in [0.15, 0.2) is 17.1 Å². The second-order valence-corrected chi connectivity index (χ2v) is 7.44. The molecule has 2 nitrogen and oxygen atoms in total. The molecule has 0 aliphatic rings. The Kier molecular flexibility index (Phi) is 3.81. The van der Waals surface area contributed by atoms with Crippen molar-refractivity contribution in [2.45, 2.75) is 72.3 Å². The molecule has 0 amide bonds. The maximum atomic E-state index is 12.6. The maximum absolute atomic E-state index is 12.6.